The fraction of sp³-hybridized carbons (Fsp3) is 0.429. The predicted octanol–water partition coefficient (Wildman–Crippen LogP) is 2.78. The quantitative estimate of drug-likeness (QED) is 0.903. The molecular formula is C14H16FN3O. The van der Waals surface area contributed by atoms with E-state index in [0.29, 0.717) is 17.3 Å². The summed E-state index contributed by atoms with van der Waals surface area (Å²) in [6.07, 6.45) is 2.08. The Morgan fingerprint density at radius 2 is 2.26 bits per heavy atom. The third-order valence-corrected chi connectivity index (χ3v) is 3.68. The van der Waals surface area contributed by atoms with E-state index in [1.807, 2.05) is 0 Å². The minimum atomic E-state index is -0.236. The predicted molar refractivity (Wildman–Crippen MR) is 69.0 cm³/mol. The summed E-state index contributed by atoms with van der Waals surface area (Å²) in [6.45, 7) is 4.75. The van der Waals surface area contributed by atoms with Crippen LogP contribution in [-0.2, 0) is 5.54 Å². The third-order valence-electron chi connectivity index (χ3n) is 3.68. The first-order valence-corrected chi connectivity index (χ1v) is 6.44. The summed E-state index contributed by atoms with van der Waals surface area (Å²) in [4.78, 5) is 4.44. The molecule has 1 fully saturated rings. The Balaban J connectivity index is 1.94. The molecule has 0 radical (unpaired) electrons. The number of hydrogen-bond acceptors (Lipinski definition) is 4. The normalized spacial score (nSPS) is 22.9. The van der Waals surface area contributed by atoms with Crippen molar-refractivity contribution in [3.05, 3.63) is 35.5 Å². The van der Waals surface area contributed by atoms with Crippen molar-refractivity contribution in [1.82, 2.24) is 15.5 Å². The molecule has 1 saturated heterocycles. The van der Waals surface area contributed by atoms with Gasteiger partial charge in [0.05, 0.1) is 5.54 Å². The first-order chi connectivity index (χ1) is 9.08. The van der Waals surface area contributed by atoms with Crippen LogP contribution in [0.1, 0.15) is 31.2 Å². The first-order valence-electron chi connectivity index (χ1n) is 6.44. The van der Waals surface area contributed by atoms with Crippen LogP contribution in [-0.4, -0.2) is 16.7 Å². The van der Waals surface area contributed by atoms with Gasteiger partial charge in [-0.15, -0.1) is 0 Å². The van der Waals surface area contributed by atoms with Crippen LogP contribution in [0, 0.1) is 12.7 Å². The summed E-state index contributed by atoms with van der Waals surface area (Å²) in [5.74, 6) is 0.881. The van der Waals surface area contributed by atoms with Gasteiger partial charge >= 0.3 is 0 Å². The number of hydrogen-bond donors (Lipinski definition) is 1. The molecule has 1 aliphatic heterocycles. The average molecular weight is 261 g/mol. The second-order valence-corrected chi connectivity index (χ2v) is 5.25. The maximum Gasteiger partial charge on any atom is 0.246 e. The maximum atomic E-state index is 13.3. The minimum Gasteiger partial charge on any atom is -0.337 e. The Kier molecular flexibility index (Phi) is 2.86. The number of halogens is 1. The zero-order valence-corrected chi connectivity index (χ0v) is 11.0. The monoisotopic (exact) mass is 261 g/mol. The molecule has 1 unspecified atom stereocenters. The molecule has 0 amide bonds. The topological polar surface area (TPSA) is 51.0 Å². The maximum absolute atomic E-state index is 13.3. The van der Waals surface area contributed by atoms with E-state index in [-0.39, 0.29) is 11.4 Å². The van der Waals surface area contributed by atoms with Crippen molar-refractivity contribution in [1.29, 1.82) is 0 Å². The van der Waals surface area contributed by atoms with Gasteiger partial charge in [0, 0.05) is 5.56 Å². The molecule has 4 nitrogen and oxygen atoms in total. The Morgan fingerprint density at radius 3 is 2.95 bits per heavy atom. The zero-order valence-electron chi connectivity index (χ0n) is 11.0. The molecule has 19 heavy (non-hydrogen) atoms. The number of rotatable bonds is 2. The minimum absolute atomic E-state index is 0.225. The van der Waals surface area contributed by atoms with E-state index in [1.165, 1.54) is 6.07 Å². The zero-order chi connectivity index (χ0) is 13.5. The van der Waals surface area contributed by atoms with E-state index in [9.17, 15) is 4.39 Å². The molecule has 1 atom stereocenters. The van der Waals surface area contributed by atoms with Crippen LogP contribution in [0.3, 0.4) is 0 Å². The number of nitrogens with zero attached hydrogens (tertiary/aromatic N) is 2. The summed E-state index contributed by atoms with van der Waals surface area (Å²) < 4.78 is 18.6. The number of benzene rings is 1. The highest BCUT2D eigenvalue weighted by molar-refractivity contribution is 5.55. The summed E-state index contributed by atoms with van der Waals surface area (Å²) in [5, 5.41) is 7.38. The lowest BCUT2D eigenvalue weighted by atomic mass is 10.0. The van der Waals surface area contributed by atoms with Crippen molar-refractivity contribution >= 4 is 0 Å². The summed E-state index contributed by atoms with van der Waals surface area (Å²) in [5.41, 5.74) is 1.12. The third kappa shape index (κ3) is 2.14. The molecule has 0 bridgehead atoms. The van der Waals surface area contributed by atoms with Gasteiger partial charge in [-0.1, -0.05) is 5.16 Å². The first kappa shape index (κ1) is 12.3. The van der Waals surface area contributed by atoms with Gasteiger partial charge in [-0.3, -0.25) is 0 Å². The van der Waals surface area contributed by atoms with Gasteiger partial charge in [0.15, 0.2) is 0 Å². The lowest BCUT2D eigenvalue weighted by Gasteiger charge is -2.18. The summed E-state index contributed by atoms with van der Waals surface area (Å²) >= 11 is 0. The molecule has 1 aromatic heterocycles. The summed E-state index contributed by atoms with van der Waals surface area (Å²) in [6, 6.07) is 4.83. The highest BCUT2D eigenvalue weighted by Gasteiger charge is 2.35. The molecule has 2 heterocycles. The largest absolute Gasteiger partial charge is 0.337 e. The number of nitrogens with one attached hydrogen (secondary N) is 1. The molecule has 0 saturated carbocycles. The molecule has 2 aromatic rings. The Bertz CT molecular complexity index is 602. The molecule has 1 aromatic carbocycles. The number of aryl methyl sites for hydroxylation is 1. The lowest BCUT2D eigenvalue weighted by Crippen LogP contribution is -2.33. The molecule has 1 aliphatic rings. The number of aromatic nitrogens is 2. The second-order valence-electron chi connectivity index (χ2n) is 5.25. The molecule has 1 N–H and O–H groups in total. The Morgan fingerprint density at radius 1 is 1.42 bits per heavy atom. The summed E-state index contributed by atoms with van der Waals surface area (Å²) in [7, 11) is 0. The van der Waals surface area contributed by atoms with Crippen LogP contribution >= 0.6 is 0 Å². The van der Waals surface area contributed by atoms with Gasteiger partial charge in [-0.05, 0) is 57.0 Å². The van der Waals surface area contributed by atoms with Crippen molar-refractivity contribution in [2.45, 2.75) is 32.2 Å². The van der Waals surface area contributed by atoms with Crippen molar-refractivity contribution in [2.75, 3.05) is 6.54 Å². The van der Waals surface area contributed by atoms with Crippen LogP contribution in [0.5, 0.6) is 0 Å². The fourth-order valence-electron chi connectivity index (χ4n) is 2.43. The molecule has 3 rings (SSSR count). The van der Waals surface area contributed by atoms with Crippen molar-refractivity contribution in [3.63, 3.8) is 0 Å². The van der Waals surface area contributed by atoms with Gasteiger partial charge in [-0.2, -0.15) is 4.98 Å². The van der Waals surface area contributed by atoms with Gasteiger partial charge in [0.1, 0.15) is 5.82 Å². The second kappa shape index (κ2) is 4.42. The highest BCUT2D eigenvalue weighted by Crippen LogP contribution is 2.30. The van der Waals surface area contributed by atoms with Crippen LogP contribution in [0.15, 0.2) is 22.7 Å². The van der Waals surface area contributed by atoms with Gasteiger partial charge < -0.3 is 9.84 Å². The van der Waals surface area contributed by atoms with Gasteiger partial charge in [0.25, 0.3) is 0 Å². The van der Waals surface area contributed by atoms with Gasteiger partial charge in [0.2, 0.25) is 11.7 Å². The van der Waals surface area contributed by atoms with Crippen molar-refractivity contribution < 1.29 is 8.91 Å². The Hall–Kier alpha value is -1.75. The molecule has 100 valence electrons. The van der Waals surface area contributed by atoms with Crippen LogP contribution in [0.2, 0.25) is 0 Å². The van der Waals surface area contributed by atoms with Crippen LogP contribution in [0.4, 0.5) is 4.39 Å². The van der Waals surface area contributed by atoms with Gasteiger partial charge in [-0.25, -0.2) is 4.39 Å². The van der Waals surface area contributed by atoms with E-state index in [1.54, 1.807) is 19.1 Å². The van der Waals surface area contributed by atoms with E-state index in [2.05, 4.69) is 22.4 Å². The Labute approximate surface area is 111 Å². The standard InChI is InChI=1S/C14H16FN3O/c1-9-8-10(4-5-11(9)15)12-17-13(19-18-12)14(2)6-3-7-16-14/h4-5,8,16H,3,6-7H2,1-2H3. The van der Waals surface area contributed by atoms with E-state index in [0.717, 1.165) is 24.9 Å². The lowest BCUT2D eigenvalue weighted by molar-refractivity contribution is 0.275. The smallest absolute Gasteiger partial charge is 0.246 e. The van der Waals surface area contributed by atoms with E-state index < -0.39 is 0 Å². The molecular weight excluding hydrogens is 245 g/mol. The van der Waals surface area contributed by atoms with Crippen LogP contribution in [0.25, 0.3) is 11.4 Å². The SMILES string of the molecule is Cc1cc(-c2noc(C3(C)CCCN3)n2)ccc1F. The van der Waals surface area contributed by atoms with E-state index in [4.69, 9.17) is 4.52 Å². The van der Waals surface area contributed by atoms with Crippen molar-refractivity contribution in [3.8, 4) is 11.4 Å². The molecule has 5 heteroatoms. The van der Waals surface area contributed by atoms with E-state index >= 15 is 0 Å². The fourth-order valence-corrected chi connectivity index (χ4v) is 2.43. The highest BCUT2D eigenvalue weighted by atomic mass is 19.1. The van der Waals surface area contributed by atoms with Crippen LogP contribution < -0.4 is 5.32 Å². The molecule has 0 aliphatic carbocycles. The average Bonchev–Trinajstić information content (AvgIpc) is 3.02. The van der Waals surface area contributed by atoms with Crippen molar-refractivity contribution in [2.24, 2.45) is 0 Å². The molecule has 0 spiro atoms.